The molecule has 6 nitrogen and oxygen atoms in total. The molecule has 1 aromatic heterocycles. The molecule has 3 aromatic rings. The molecule has 2 N–H and O–H groups in total. The third-order valence-electron chi connectivity index (χ3n) is 3.67. The monoisotopic (exact) mass is 337 g/mol. The Hall–Kier alpha value is -3.41. The first-order valence-corrected chi connectivity index (χ1v) is 7.68. The van der Waals surface area contributed by atoms with Crippen LogP contribution in [0.15, 0.2) is 63.8 Å². The van der Waals surface area contributed by atoms with Gasteiger partial charge in [-0.15, -0.1) is 0 Å². The number of fused-ring (bicyclic) bond motifs is 1. The summed E-state index contributed by atoms with van der Waals surface area (Å²) >= 11 is 0. The molecule has 2 aromatic carbocycles. The van der Waals surface area contributed by atoms with E-state index < -0.39 is 17.5 Å². The van der Waals surface area contributed by atoms with Crippen LogP contribution in [0.1, 0.15) is 12.8 Å². The third kappa shape index (κ3) is 3.92. The maximum atomic E-state index is 12.2. The van der Waals surface area contributed by atoms with E-state index >= 15 is 0 Å². The molecule has 0 unspecified atom stereocenters. The van der Waals surface area contributed by atoms with Gasteiger partial charge in [0.25, 0.3) is 0 Å². The standard InChI is InChI=1S/C19H15NO5/c21-17(8-9-18(22)23)20-14-7-6-13-10-15(12-4-2-1-3-5-12)19(24)25-16(13)11-14/h1-7,10-11H,8-9H2,(H,20,21)(H,22,23). The van der Waals surface area contributed by atoms with E-state index in [1.165, 1.54) is 0 Å². The number of anilines is 1. The van der Waals surface area contributed by atoms with Crippen molar-refractivity contribution in [1.82, 2.24) is 0 Å². The van der Waals surface area contributed by atoms with E-state index in [1.807, 2.05) is 30.3 Å². The van der Waals surface area contributed by atoms with Crippen LogP contribution in [0.3, 0.4) is 0 Å². The van der Waals surface area contributed by atoms with Gasteiger partial charge in [0.2, 0.25) is 5.91 Å². The van der Waals surface area contributed by atoms with Crippen LogP contribution in [-0.2, 0) is 9.59 Å². The van der Waals surface area contributed by atoms with E-state index in [2.05, 4.69) is 5.32 Å². The van der Waals surface area contributed by atoms with E-state index in [0.29, 0.717) is 16.8 Å². The zero-order valence-corrected chi connectivity index (χ0v) is 13.2. The second-order valence-corrected chi connectivity index (χ2v) is 5.51. The highest BCUT2D eigenvalue weighted by Gasteiger charge is 2.10. The summed E-state index contributed by atoms with van der Waals surface area (Å²) in [5, 5.41) is 11.9. The Bertz CT molecular complexity index is 992. The molecule has 126 valence electrons. The van der Waals surface area contributed by atoms with Crippen molar-refractivity contribution in [2.75, 3.05) is 5.32 Å². The number of carboxylic acid groups (broad SMARTS) is 1. The van der Waals surface area contributed by atoms with Crippen LogP contribution in [-0.4, -0.2) is 17.0 Å². The van der Waals surface area contributed by atoms with Crippen molar-refractivity contribution in [1.29, 1.82) is 0 Å². The van der Waals surface area contributed by atoms with Crippen molar-refractivity contribution in [3.05, 3.63) is 65.0 Å². The summed E-state index contributed by atoms with van der Waals surface area (Å²) in [6, 6.07) is 15.9. The molecule has 1 heterocycles. The average molecular weight is 337 g/mol. The fourth-order valence-corrected chi connectivity index (χ4v) is 2.45. The van der Waals surface area contributed by atoms with Crippen molar-refractivity contribution in [2.24, 2.45) is 0 Å². The Balaban J connectivity index is 1.88. The number of hydrogen-bond acceptors (Lipinski definition) is 4. The van der Waals surface area contributed by atoms with Gasteiger partial charge in [-0.2, -0.15) is 0 Å². The number of benzene rings is 2. The fraction of sp³-hybridized carbons (Fsp3) is 0.105. The molecule has 1 amide bonds. The summed E-state index contributed by atoms with van der Waals surface area (Å²) in [6.07, 6.45) is -0.362. The predicted molar refractivity (Wildman–Crippen MR) is 93.4 cm³/mol. The Morgan fingerprint density at radius 2 is 1.76 bits per heavy atom. The van der Waals surface area contributed by atoms with E-state index in [4.69, 9.17) is 9.52 Å². The van der Waals surface area contributed by atoms with E-state index in [0.717, 1.165) is 10.9 Å². The van der Waals surface area contributed by atoms with Crippen molar-refractivity contribution >= 4 is 28.5 Å². The molecule has 0 aliphatic carbocycles. The smallest absolute Gasteiger partial charge is 0.344 e. The van der Waals surface area contributed by atoms with Gasteiger partial charge in [-0.05, 0) is 23.8 Å². The summed E-state index contributed by atoms with van der Waals surface area (Å²) in [5.41, 5.74) is 1.56. The molecule has 0 fully saturated rings. The maximum Gasteiger partial charge on any atom is 0.344 e. The Morgan fingerprint density at radius 3 is 2.48 bits per heavy atom. The van der Waals surface area contributed by atoms with Gasteiger partial charge in [-0.1, -0.05) is 30.3 Å². The van der Waals surface area contributed by atoms with Crippen LogP contribution in [0.4, 0.5) is 5.69 Å². The molecular weight excluding hydrogens is 322 g/mol. The van der Waals surface area contributed by atoms with E-state index in [-0.39, 0.29) is 12.8 Å². The summed E-state index contributed by atoms with van der Waals surface area (Å²) in [6.45, 7) is 0. The number of amides is 1. The number of rotatable bonds is 5. The Kier molecular flexibility index (Phi) is 4.61. The second kappa shape index (κ2) is 7.00. The van der Waals surface area contributed by atoms with Gasteiger partial charge in [0.05, 0.1) is 12.0 Å². The maximum absolute atomic E-state index is 12.2. The third-order valence-corrected chi connectivity index (χ3v) is 3.67. The van der Waals surface area contributed by atoms with Crippen molar-refractivity contribution in [3.8, 4) is 11.1 Å². The summed E-state index contributed by atoms with van der Waals surface area (Å²) < 4.78 is 5.37. The van der Waals surface area contributed by atoms with Gasteiger partial charge < -0.3 is 14.8 Å². The van der Waals surface area contributed by atoms with E-state index in [9.17, 15) is 14.4 Å². The molecule has 0 aliphatic rings. The van der Waals surface area contributed by atoms with Crippen molar-refractivity contribution in [3.63, 3.8) is 0 Å². The number of carbonyl (C=O) groups excluding carboxylic acids is 1. The van der Waals surface area contributed by atoms with Crippen LogP contribution in [0, 0.1) is 0 Å². The highest BCUT2D eigenvalue weighted by molar-refractivity contribution is 5.94. The lowest BCUT2D eigenvalue weighted by Crippen LogP contribution is -2.13. The first-order valence-electron chi connectivity index (χ1n) is 7.68. The summed E-state index contributed by atoms with van der Waals surface area (Å²) in [4.78, 5) is 34.4. The normalized spacial score (nSPS) is 10.6. The molecule has 25 heavy (non-hydrogen) atoms. The SMILES string of the molecule is O=C(O)CCC(=O)Nc1ccc2cc(-c3ccccc3)c(=O)oc2c1. The molecular formula is C19H15NO5. The average Bonchev–Trinajstić information content (AvgIpc) is 2.60. The van der Waals surface area contributed by atoms with Gasteiger partial charge in [-0.25, -0.2) is 4.79 Å². The lowest BCUT2D eigenvalue weighted by molar-refractivity contribution is -0.138. The largest absolute Gasteiger partial charge is 0.481 e. The lowest BCUT2D eigenvalue weighted by atomic mass is 10.1. The quantitative estimate of drug-likeness (QED) is 0.697. The highest BCUT2D eigenvalue weighted by atomic mass is 16.4. The van der Waals surface area contributed by atoms with Gasteiger partial charge in [0.1, 0.15) is 5.58 Å². The minimum absolute atomic E-state index is 0.121. The minimum atomic E-state index is -1.03. The van der Waals surface area contributed by atoms with Crippen LogP contribution < -0.4 is 10.9 Å². The van der Waals surface area contributed by atoms with Crippen LogP contribution in [0.25, 0.3) is 22.1 Å². The number of nitrogens with one attached hydrogen (secondary N) is 1. The summed E-state index contributed by atoms with van der Waals surface area (Å²) in [5.74, 6) is -1.45. The zero-order chi connectivity index (χ0) is 17.8. The molecule has 0 saturated carbocycles. The first kappa shape index (κ1) is 16.4. The number of hydrogen-bond donors (Lipinski definition) is 2. The number of aliphatic carboxylic acids is 1. The fourth-order valence-electron chi connectivity index (χ4n) is 2.45. The van der Waals surface area contributed by atoms with Gasteiger partial charge >= 0.3 is 11.6 Å². The summed E-state index contributed by atoms with van der Waals surface area (Å²) in [7, 11) is 0. The highest BCUT2D eigenvalue weighted by Crippen LogP contribution is 2.23. The van der Waals surface area contributed by atoms with E-state index in [1.54, 1.807) is 24.3 Å². The molecule has 0 saturated heterocycles. The van der Waals surface area contributed by atoms with Crippen molar-refractivity contribution < 1.29 is 19.1 Å². The topological polar surface area (TPSA) is 96.6 Å². The van der Waals surface area contributed by atoms with Crippen LogP contribution >= 0.6 is 0 Å². The van der Waals surface area contributed by atoms with Crippen molar-refractivity contribution in [2.45, 2.75) is 12.8 Å². The molecule has 3 rings (SSSR count). The number of carboxylic acids is 1. The molecule has 0 atom stereocenters. The van der Waals surface area contributed by atoms with Crippen LogP contribution in [0.5, 0.6) is 0 Å². The van der Waals surface area contributed by atoms with Crippen LogP contribution in [0.2, 0.25) is 0 Å². The Labute approximate surface area is 142 Å². The predicted octanol–water partition coefficient (Wildman–Crippen LogP) is 3.26. The Morgan fingerprint density at radius 1 is 1.00 bits per heavy atom. The minimum Gasteiger partial charge on any atom is -0.481 e. The zero-order valence-electron chi connectivity index (χ0n) is 13.2. The molecule has 0 aliphatic heterocycles. The molecule has 6 heteroatoms. The molecule has 0 radical (unpaired) electrons. The van der Waals surface area contributed by atoms with Gasteiger partial charge in [0.15, 0.2) is 0 Å². The lowest BCUT2D eigenvalue weighted by Gasteiger charge is -2.06. The number of carbonyl (C=O) groups is 2. The molecule has 0 spiro atoms. The second-order valence-electron chi connectivity index (χ2n) is 5.51. The first-order chi connectivity index (χ1) is 12.0. The van der Waals surface area contributed by atoms with Gasteiger partial charge in [0, 0.05) is 23.6 Å². The molecule has 0 bridgehead atoms. The van der Waals surface area contributed by atoms with Gasteiger partial charge in [-0.3, -0.25) is 9.59 Å².